The first-order chi connectivity index (χ1) is 14.4. The average molecular weight is 427 g/mol. The molecule has 2 aromatic rings. The number of benzene rings is 2. The number of rotatable bonds is 6. The molecule has 5 heteroatoms. The Morgan fingerprint density at radius 1 is 1.07 bits per heavy atom. The van der Waals surface area contributed by atoms with Crippen LogP contribution in [0.4, 0.5) is 0 Å². The van der Waals surface area contributed by atoms with Gasteiger partial charge in [-0.3, -0.25) is 9.69 Å². The highest BCUT2D eigenvalue weighted by Crippen LogP contribution is 2.41. The summed E-state index contributed by atoms with van der Waals surface area (Å²) in [6.45, 7) is 9.91. The SMILES string of the molecule is CC(C)COc1ccccc1CN1CC2(CCN(C(=O)c3ccc(Cl)cc3)CC2)C1. The lowest BCUT2D eigenvalue weighted by Gasteiger charge is -2.54. The number of carbonyl (C=O) groups is 1. The summed E-state index contributed by atoms with van der Waals surface area (Å²) in [6, 6.07) is 15.6. The monoisotopic (exact) mass is 426 g/mol. The zero-order chi connectivity index (χ0) is 21.1. The van der Waals surface area contributed by atoms with Crippen molar-refractivity contribution < 1.29 is 9.53 Å². The number of hydrogen-bond donors (Lipinski definition) is 0. The van der Waals surface area contributed by atoms with E-state index in [9.17, 15) is 4.79 Å². The molecule has 2 aliphatic heterocycles. The summed E-state index contributed by atoms with van der Waals surface area (Å²) in [4.78, 5) is 17.2. The van der Waals surface area contributed by atoms with Crippen LogP contribution in [0.5, 0.6) is 5.75 Å². The van der Waals surface area contributed by atoms with Crippen molar-refractivity contribution in [3.63, 3.8) is 0 Å². The molecular weight excluding hydrogens is 396 g/mol. The summed E-state index contributed by atoms with van der Waals surface area (Å²) < 4.78 is 6.02. The predicted octanol–water partition coefficient (Wildman–Crippen LogP) is 5.11. The van der Waals surface area contributed by atoms with Crippen molar-refractivity contribution in [1.82, 2.24) is 9.80 Å². The van der Waals surface area contributed by atoms with Crippen molar-refractivity contribution in [3.8, 4) is 5.75 Å². The summed E-state index contributed by atoms with van der Waals surface area (Å²) in [7, 11) is 0. The highest BCUT2D eigenvalue weighted by atomic mass is 35.5. The van der Waals surface area contributed by atoms with E-state index in [0.29, 0.717) is 16.4 Å². The van der Waals surface area contributed by atoms with E-state index in [0.717, 1.165) is 63.5 Å². The molecule has 0 atom stereocenters. The Kier molecular flexibility index (Phi) is 6.35. The number of piperidine rings is 1. The van der Waals surface area contributed by atoms with Crippen LogP contribution in [-0.2, 0) is 6.54 Å². The van der Waals surface area contributed by atoms with Crippen LogP contribution in [-0.4, -0.2) is 48.5 Å². The second-order valence-electron chi connectivity index (χ2n) is 9.26. The van der Waals surface area contributed by atoms with E-state index >= 15 is 0 Å². The van der Waals surface area contributed by atoms with Gasteiger partial charge in [0.15, 0.2) is 0 Å². The van der Waals surface area contributed by atoms with Crippen LogP contribution < -0.4 is 4.74 Å². The second kappa shape index (κ2) is 8.99. The van der Waals surface area contributed by atoms with E-state index in [1.165, 1.54) is 5.56 Å². The smallest absolute Gasteiger partial charge is 0.253 e. The number of hydrogen-bond acceptors (Lipinski definition) is 3. The Labute approximate surface area is 184 Å². The minimum absolute atomic E-state index is 0.119. The minimum atomic E-state index is 0.119. The Bertz CT molecular complexity index is 865. The molecule has 0 saturated carbocycles. The number of amides is 1. The molecule has 160 valence electrons. The lowest BCUT2D eigenvalue weighted by Crippen LogP contribution is -2.60. The Balaban J connectivity index is 1.28. The maximum absolute atomic E-state index is 12.7. The van der Waals surface area contributed by atoms with Crippen LogP contribution in [0, 0.1) is 11.3 Å². The first-order valence-corrected chi connectivity index (χ1v) is 11.3. The van der Waals surface area contributed by atoms with Gasteiger partial charge in [-0.1, -0.05) is 43.6 Å². The Hall–Kier alpha value is -2.04. The van der Waals surface area contributed by atoms with Crippen molar-refractivity contribution in [3.05, 3.63) is 64.7 Å². The fourth-order valence-corrected chi connectivity index (χ4v) is 4.69. The lowest BCUT2D eigenvalue weighted by molar-refractivity contribution is -0.0468. The molecule has 30 heavy (non-hydrogen) atoms. The number of para-hydroxylation sites is 1. The molecule has 0 N–H and O–H groups in total. The third kappa shape index (κ3) is 4.81. The molecule has 0 radical (unpaired) electrons. The zero-order valence-corrected chi connectivity index (χ0v) is 18.7. The van der Waals surface area contributed by atoms with Gasteiger partial charge in [-0.2, -0.15) is 0 Å². The van der Waals surface area contributed by atoms with Crippen LogP contribution >= 0.6 is 11.6 Å². The number of halogens is 1. The summed E-state index contributed by atoms with van der Waals surface area (Å²) in [5, 5.41) is 0.662. The van der Waals surface area contributed by atoms with Crippen molar-refractivity contribution >= 4 is 17.5 Å². The molecule has 1 amide bonds. The van der Waals surface area contributed by atoms with Gasteiger partial charge in [-0.05, 0) is 54.5 Å². The summed E-state index contributed by atoms with van der Waals surface area (Å²) >= 11 is 5.94. The van der Waals surface area contributed by atoms with Gasteiger partial charge in [0.25, 0.3) is 5.91 Å². The third-order valence-electron chi connectivity index (χ3n) is 6.26. The predicted molar refractivity (Wildman–Crippen MR) is 121 cm³/mol. The average Bonchev–Trinajstić information content (AvgIpc) is 2.72. The molecule has 2 saturated heterocycles. The highest BCUT2D eigenvalue weighted by molar-refractivity contribution is 6.30. The van der Waals surface area contributed by atoms with Crippen molar-refractivity contribution in [2.45, 2.75) is 33.2 Å². The van der Waals surface area contributed by atoms with Gasteiger partial charge in [0.05, 0.1) is 6.61 Å². The molecule has 4 rings (SSSR count). The van der Waals surface area contributed by atoms with Gasteiger partial charge in [0.1, 0.15) is 5.75 Å². The number of likely N-dealkylation sites (tertiary alicyclic amines) is 2. The fourth-order valence-electron chi connectivity index (χ4n) is 4.56. The normalized spacial score (nSPS) is 18.5. The minimum Gasteiger partial charge on any atom is -0.493 e. The molecule has 0 aromatic heterocycles. The quantitative estimate of drug-likeness (QED) is 0.643. The van der Waals surface area contributed by atoms with Gasteiger partial charge in [0, 0.05) is 48.9 Å². The van der Waals surface area contributed by atoms with Crippen LogP contribution in [0.2, 0.25) is 5.02 Å². The number of nitrogens with zero attached hydrogens (tertiary/aromatic N) is 2. The fraction of sp³-hybridized carbons (Fsp3) is 0.480. The largest absolute Gasteiger partial charge is 0.493 e. The molecule has 0 bridgehead atoms. The molecule has 2 aliphatic rings. The van der Waals surface area contributed by atoms with Gasteiger partial charge in [-0.25, -0.2) is 0 Å². The molecule has 0 aliphatic carbocycles. The van der Waals surface area contributed by atoms with Crippen molar-refractivity contribution in [2.24, 2.45) is 11.3 Å². The van der Waals surface area contributed by atoms with Crippen LogP contribution in [0.25, 0.3) is 0 Å². The summed E-state index contributed by atoms with van der Waals surface area (Å²) in [5.41, 5.74) is 2.36. The maximum Gasteiger partial charge on any atom is 0.253 e. The van der Waals surface area contributed by atoms with E-state index in [1.807, 2.05) is 23.1 Å². The van der Waals surface area contributed by atoms with Crippen LogP contribution in [0.15, 0.2) is 48.5 Å². The molecular formula is C25H31ClN2O2. The molecule has 2 heterocycles. The second-order valence-corrected chi connectivity index (χ2v) is 9.69. The number of carbonyl (C=O) groups excluding carboxylic acids is 1. The highest BCUT2D eigenvalue weighted by Gasteiger charge is 2.45. The lowest BCUT2D eigenvalue weighted by atomic mass is 9.71. The van der Waals surface area contributed by atoms with Crippen LogP contribution in [0.3, 0.4) is 0 Å². The maximum atomic E-state index is 12.7. The van der Waals surface area contributed by atoms with Crippen LogP contribution in [0.1, 0.15) is 42.6 Å². The summed E-state index contributed by atoms with van der Waals surface area (Å²) in [6.07, 6.45) is 2.16. The first-order valence-electron chi connectivity index (χ1n) is 10.9. The van der Waals surface area contributed by atoms with Gasteiger partial charge in [0.2, 0.25) is 0 Å². The zero-order valence-electron chi connectivity index (χ0n) is 17.9. The van der Waals surface area contributed by atoms with E-state index in [1.54, 1.807) is 12.1 Å². The van der Waals surface area contributed by atoms with Crippen molar-refractivity contribution in [2.75, 3.05) is 32.8 Å². The first kappa shape index (κ1) is 21.2. The summed E-state index contributed by atoms with van der Waals surface area (Å²) in [5.74, 6) is 1.65. The van der Waals surface area contributed by atoms with E-state index in [4.69, 9.17) is 16.3 Å². The van der Waals surface area contributed by atoms with E-state index in [-0.39, 0.29) is 5.91 Å². The molecule has 0 unspecified atom stereocenters. The van der Waals surface area contributed by atoms with Crippen molar-refractivity contribution in [1.29, 1.82) is 0 Å². The Morgan fingerprint density at radius 2 is 1.73 bits per heavy atom. The van der Waals surface area contributed by atoms with E-state index in [2.05, 4.69) is 36.9 Å². The molecule has 1 spiro atoms. The topological polar surface area (TPSA) is 32.8 Å². The molecule has 2 fully saturated rings. The van der Waals surface area contributed by atoms with Gasteiger partial charge in [-0.15, -0.1) is 0 Å². The van der Waals surface area contributed by atoms with Gasteiger partial charge >= 0.3 is 0 Å². The van der Waals surface area contributed by atoms with E-state index < -0.39 is 0 Å². The standard InChI is InChI=1S/C25H31ClN2O2/c1-19(2)16-30-23-6-4-3-5-21(23)15-27-17-25(18-27)11-13-28(14-12-25)24(29)20-7-9-22(26)10-8-20/h3-10,19H,11-18H2,1-2H3. The van der Waals surface area contributed by atoms with Gasteiger partial charge < -0.3 is 9.64 Å². The Morgan fingerprint density at radius 3 is 2.40 bits per heavy atom. The number of ether oxygens (including phenoxy) is 1. The third-order valence-corrected chi connectivity index (χ3v) is 6.51. The molecule has 4 nitrogen and oxygen atoms in total. The molecule has 2 aromatic carbocycles.